The average molecular weight is 396 g/mol. The monoisotopic (exact) mass is 395 g/mol. The van der Waals surface area contributed by atoms with Gasteiger partial charge in [-0.2, -0.15) is 0 Å². The number of β-amino-alcohol motifs (C(OH)–C–C–N with tert-alkyl or cyclic N) is 1. The standard InChI is InChI=1S/C23H29N3O3/c1-2-11-24-22(28)17-8-5-9-18(13-17)23(29)25-14-19-6-3-4-7-20(19)15-26-12-10-21(27)16-26/h3-9,13,21,27H,2,10-12,14-16H2,1H3,(H,24,28)(H,25,29). The molecule has 2 aromatic rings. The van der Waals surface area contributed by atoms with Gasteiger partial charge in [0.15, 0.2) is 0 Å². The maximum atomic E-state index is 12.6. The summed E-state index contributed by atoms with van der Waals surface area (Å²) in [5, 5.41) is 15.5. The van der Waals surface area contributed by atoms with Crippen LogP contribution in [-0.4, -0.2) is 47.6 Å². The highest BCUT2D eigenvalue weighted by Crippen LogP contribution is 2.17. The van der Waals surface area contributed by atoms with Crippen molar-refractivity contribution in [3.8, 4) is 0 Å². The molecule has 2 aromatic carbocycles. The highest BCUT2D eigenvalue weighted by atomic mass is 16.3. The van der Waals surface area contributed by atoms with Crippen LogP contribution in [0.3, 0.4) is 0 Å². The first kappa shape index (κ1) is 21.0. The molecule has 0 spiro atoms. The number of benzene rings is 2. The Morgan fingerprint density at radius 1 is 1.03 bits per heavy atom. The predicted octanol–water partition coefficient (Wildman–Crippen LogP) is 2.32. The minimum atomic E-state index is -0.247. The first-order valence-electron chi connectivity index (χ1n) is 10.2. The number of nitrogens with one attached hydrogen (secondary N) is 2. The summed E-state index contributed by atoms with van der Waals surface area (Å²) in [6.07, 6.45) is 1.42. The van der Waals surface area contributed by atoms with Gasteiger partial charge in [-0.1, -0.05) is 37.3 Å². The fourth-order valence-electron chi connectivity index (χ4n) is 3.50. The van der Waals surface area contributed by atoms with Crippen LogP contribution in [0.4, 0.5) is 0 Å². The normalized spacial score (nSPS) is 16.6. The molecule has 29 heavy (non-hydrogen) atoms. The summed E-state index contributed by atoms with van der Waals surface area (Å²) in [6.45, 7) is 5.35. The average Bonchev–Trinajstić information content (AvgIpc) is 3.15. The molecule has 0 saturated carbocycles. The maximum absolute atomic E-state index is 12.6. The third-order valence-corrected chi connectivity index (χ3v) is 5.12. The van der Waals surface area contributed by atoms with E-state index in [1.165, 1.54) is 0 Å². The Morgan fingerprint density at radius 2 is 1.72 bits per heavy atom. The molecule has 6 nitrogen and oxygen atoms in total. The van der Waals surface area contributed by atoms with Gasteiger partial charge in [-0.15, -0.1) is 0 Å². The molecule has 1 aliphatic heterocycles. The van der Waals surface area contributed by atoms with Crippen molar-refractivity contribution in [1.82, 2.24) is 15.5 Å². The van der Waals surface area contributed by atoms with Crippen LogP contribution in [0.15, 0.2) is 48.5 Å². The number of carbonyl (C=O) groups excluding carboxylic acids is 2. The van der Waals surface area contributed by atoms with Crippen molar-refractivity contribution in [2.45, 2.75) is 39.0 Å². The zero-order valence-electron chi connectivity index (χ0n) is 16.9. The van der Waals surface area contributed by atoms with Crippen LogP contribution >= 0.6 is 0 Å². The Kier molecular flexibility index (Phi) is 7.38. The lowest BCUT2D eigenvalue weighted by Gasteiger charge is -2.18. The lowest BCUT2D eigenvalue weighted by Crippen LogP contribution is -2.27. The lowest BCUT2D eigenvalue weighted by atomic mass is 10.1. The molecule has 3 rings (SSSR count). The lowest BCUT2D eigenvalue weighted by molar-refractivity contribution is 0.0950. The molecule has 1 aliphatic rings. The van der Waals surface area contributed by atoms with E-state index in [1.807, 2.05) is 25.1 Å². The zero-order valence-corrected chi connectivity index (χ0v) is 16.9. The van der Waals surface area contributed by atoms with Crippen molar-refractivity contribution in [2.75, 3.05) is 19.6 Å². The van der Waals surface area contributed by atoms with Crippen LogP contribution < -0.4 is 10.6 Å². The molecule has 154 valence electrons. The van der Waals surface area contributed by atoms with Crippen molar-refractivity contribution in [3.63, 3.8) is 0 Å². The molecule has 1 fully saturated rings. The van der Waals surface area contributed by atoms with E-state index in [1.54, 1.807) is 24.3 Å². The third-order valence-electron chi connectivity index (χ3n) is 5.12. The molecule has 0 bridgehead atoms. The second-order valence-corrected chi connectivity index (χ2v) is 7.47. The summed E-state index contributed by atoms with van der Waals surface area (Å²) in [7, 11) is 0. The molecule has 1 unspecified atom stereocenters. The number of carbonyl (C=O) groups is 2. The molecule has 0 radical (unpaired) electrons. The minimum Gasteiger partial charge on any atom is -0.392 e. The number of hydrogen-bond acceptors (Lipinski definition) is 4. The van der Waals surface area contributed by atoms with Gasteiger partial charge < -0.3 is 15.7 Å². The highest BCUT2D eigenvalue weighted by molar-refractivity contribution is 5.99. The Bertz CT molecular complexity index is 853. The Morgan fingerprint density at radius 3 is 2.38 bits per heavy atom. The second-order valence-electron chi connectivity index (χ2n) is 7.47. The summed E-state index contributed by atoms with van der Waals surface area (Å²) in [5.74, 6) is -0.374. The Balaban J connectivity index is 1.62. The van der Waals surface area contributed by atoms with Gasteiger partial charge in [-0.05, 0) is 42.2 Å². The number of hydrogen-bond donors (Lipinski definition) is 3. The van der Waals surface area contributed by atoms with Gasteiger partial charge in [0.05, 0.1) is 6.10 Å². The summed E-state index contributed by atoms with van der Waals surface area (Å²) >= 11 is 0. The number of nitrogens with zero attached hydrogens (tertiary/aromatic N) is 1. The van der Waals surface area contributed by atoms with E-state index < -0.39 is 0 Å². The highest BCUT2D eigenvalue weighted by Gasteiger charge is 2.20. The number of rotatable bonds is 8. The van der Waals surface area contributed by atoms with Crippen molar-refractivity contribution >= 4 is 11.8 Å². The van der Waals surface area contributed by atoms with Crippen LogP contribution in [-0.2, 0) is 13.1 Å². The van der Waals surface area contributed by atoms with E-state index in [-0.39, 0.29) is 17.9 Å². The zero-order chi connectivity index (χ0) is 20.6. The fourth-order valence-corrected chi connectivity index (χ4v) is 3.50. The summed E-state index contributed by atoms with van der Waals surface area (Å²) < 4.78 is 0. The van der Waals surface area contributed by atoms with Crippen molar-refractivity contribution in [1.29, 1.82) is 0 Å². The van der Waals surface area contributed by atoms with Gasteiger partial charge in [0.25, 0.3) is 11.8 Å². The number of aliphatic hydroxyl groups is 1. The molecule has 3 N–H and O–H groups in total. The van der Waals surface area contributed by atoms with Crippen molar-refractivity contribution in [2.24, 2.45) is 0 Å². The molecule has 6 heteroatoms. The van der Waals surface area contributed by atoms with E-state index in [9.17, 15) is 14.7 Å². The largest absolute Gasteiger partial charge is 0.392 e. The second kappa shape index (κ2) is 10.2. The summed E-state index contributed by atoms with van der Waals surface area (Å²) in [6, 6.07) is 14.8. The van der Waals surface area contributed by atoms with E-state index in [0.29, 0.717) is 30.8 Å². The molecule has 1 atom stereocenters. The molecule has 2 amide bonds. The maximum Gasteiger partial charge on any atom is 0.251 e. The van der Waals surface area contributed by atoms with Crippen LogP contribution in [0.5, 0.6) is 0 Å². The van der Waals surface area contributed by atoms with Crippen LogP contribution in [0, 0.1) is 0 Å². The van der Waals surface area contributed by atoms with E-state index >= 15 is 0 Å². The van der Waals surface area contributed by atoms with Gasteiger partial charge in [0.1, 0.15) is 0 Å². The van der Waals surface area contributed by atoms with Crippen molar-refractivity contribution in [3.05, 3.63) is 70.8 Å². The van der Waals surface area contributed by atoms with Gasteiger partial charge >= 0.3 is 0 Å². The third kappa shape index (κ3) is 5.89. The summed E-state index contributed by atoms with van der Waals surface area (Å²) in [4.78, 5) is 27.0. The number of aliphatic hydroxyl groups excluding tert-OH is 1. The fraction of sp³-hybridized carbons (Fsp3) is 0.391. The first-order chi connectivity index (χ1) is 14.1. The Hall–Kier alpha value is -2.70. The molecule has 1 saturated heterocycles. The van der Waals surface area contributed by atoms with E-state index in [0.717, 1.165) is 37.1 Å². The SMILES string of the molecule is CCCNC(=O)c1cccc(C(=O)NCc2ccccc2CN2CCC(O)C2)c1. The van der Waals surface area contributed by atoms with Crippen molar-refractivity contribution < 1.29 is 14.7 Å². The predicted molar refractivity (Wildman–Crippen MR) is 113 cm³/mol. The van der Waals surface area contributed by atoms with Gasteiger partial charge in [0.2, 0.25) is 0 Å². The number of amides is 2. The van der Waals surface area contributed by atoms with Crippen LogP contribution in [0.1, 0.15) is 51.6 Å². The van der Waals surface area contributed by atoms with Crippen LogP contribution in [0.25, 0.3) is 0 Å². The van der Waals surface area contributed by atoms with Crippen LogP contribution in [0.2, 0.25) is 0 Å². The molecule has 0 aliphatic carbocycles. The summed E-state index contributed by atoms with van der Waals surface area (Å²) in [5.41, 5.74) is 3.15. The van der Waals surface area contributed by atoms with E-state index in [2.05, 4.69) is 21.6 Å². The minimum absolute atomic E-state index is 0.167. The van der Waals surface area contributed by atoms with E-state index in [4.69, 9.17) is 0 Å². The topological polar surface area (TPSA) is 81.7 Å². The molecular formula is C23H29N3O3. The molecule has 1 heterocycles. The van der Waals surface area contributed by atoms with Gasteiger partial charge in [-0.25, -0.2) is 0 Å². The van der Waals surface area contributed by atoms with Gasteiger partial charge in [-0.3, -0.25) is 14.5 Å². The first-order valence-corrected chi connectivity index (χ1v) is 10.2. The quantitative estimate of drug-likeness (QED) is 0.641. The van der Waals surface area contributed by atoms with Gasteiger partial charge in [0, 0.05) is 43.9 Å². The Labute approximate surface area is 171 Å². The molecule has 0 aromatic heterocycles. The molecular weight excluding hydrogens is 366 g/mol. The number of likely N-dealkylation sites (tertiary alicyclic amines) is 1. The smallest absolute Gasteiger partial charge is 0.251 e.